The number of unbranched alkanes of at least 4 members (excludes halogenated alkanes) is 5. The maximum Gasteiger partial charge on any atom is 0.245 e. The van der Waals surface area contributed by atoms with Gasteiger partial charge in [-0.3, -0.25) is 14.4 Å². The number of rotatable bonds is 12. The summed E-state index contributed by atoms with van der Waals surface area (Å²) in [4.78, 5) is 42.0. The van der Waals surface area contributed by atoms with Crippen molar-refractivity contribution in [3.05, 3.63) is 0 Å². The Morgan fingerprint density at radius 1 is 1.00 bits per heavy atom. The fourth-order valence-electron chi connectivity index (χ4n) is 4.24. The van der Waals surface area contributed by atoms with E-state index >= 15 is 0 Å². The lowest BCUT2D eigenvalue weighted by Crippen LogP contribution is -2.60. The number of hydrogen-bond acceptors (Lipinski definition) is 3. The molecular formula is C24H43N3O3. The molecule has 1 saturated heterocycles. The average Bonchev–Trinajstić information content (AvgIpc) is 3.58. The van der Waals surface area contributed by atoms with Gasteiger partial charge >= 0.3 is 0 Å². The van der Waals surface area contributed by atoms with Crippen LogP contribution in [0.4, 0.5) is 0 Å². The molecule has 6 heteroatoms. The molecule has 0 spiro atoms. The molecule has 0 aromatic heterocycles. The number of hydrogen-bond donors (Lipinski definition) is 1. The molecule has 1 aliphatic heterocycles. The lowest BCUT2D eigenvalue weighted by atomic mass is 9.96. The van der Waals surface area contributed by atoms with Gasteiger partial charge in [-0.05, 0) is 32.1 Å². The number of nitrogens with zero attached hydrogens (tertiary/aromatic N) is 2. The lowest BCUT2D eigenvalue weighted by Gasteiger charge is -2.41. The van der Waals surface area contributed by atoms with Crippen LogP contribution in [0.2, 0.25) is 0 Å². The van der Waals surface area contributed by atoms with Crippen LogP contribution in [-0.2, 0) is 14.4 Å². The van der Waals surface area contributed by atoms with Crippen molar-refractivity contribution in [2.45, 2.75) is 104 Å². The van der Waals surface area contributed by atoms with Crippen LogP contribution in [0.25, 0.3) is 0 Å². The fourth-order valence-corrected chi connectivity index (χ4v) is 4.24. The quantitative estimate of drug-likeness (QED) is 0.488. The molecule has 2 fully saturated rings. The molecule has 3 unspecified atom stereocenters. The summed E-state index contributed by atoms with van der Waals surface area (Å²) in [6, 6.07) is -0.437. The van der Waals surface area contributed by atoms with Crippen LogP contribution in [-0.4, -0.2) is 59.2 Å². The van der Waals surface area contributed by atoms with Crippen molar-refractivity contribution in [1.29, 1.82) is 0 Å². The molecule has 0 bridgehead atoms. The summed E-state index contributed by atoms with van der Waals surface area (Å²) < 4.78 is 0. The second kappa shape index (κ2) is 12.3. The molecule has 172 valence electrons. The SMILES string of the molecule is CCCCCCCCC(=O)NC(C(=O)N1CCN(C(=O)C2CC2)C(C)C1)C(C)CC. The van der Waals surface area contributed by atoms with E-state index in [-0.39, 0.29) is 35.6 Å². The highest BCUT2D eigenvalue weighted by Gasteiger charge is 2.39. The van der Waals surface area contributed by atoms with Crippen molar-refractivity contribution < 1.29 is 14.4 Å². The maximum atomic E-state index is 13.3. The van der Waals surface area contributed by atoms with Gasteiger partial charge in [0.2, 0.25) is 17.7 Å². The van der Waals surface area contributed by atoms with Gasteiger partial charge in [0, 0.05) is 38.0 Å². The Balaban J connectivity index is 1.84. The van der Waals surface area contributed by atoms with E-state index in [1.165, 1.54) is 25.7 Å². The Bertz CT molecular complexity index is 576. The Morgan fingerprint density at radius 2 is 1.67 bits per heavy atom. The highest BCUT2D eigenvalue weighted by molar-refractivity contribution is 5.88. The molecule has 30 heavy (non-hydrogen) atoms. The van der Waals surface area contributed by atoms with Gasteiger partial charge in [-0.15, -0.1) is 0 Å². The molecule has 0 radical (unpaired) electrons. The van der Waals surface area contributed by atoms with Crippen LogP contribution in [0.1, 0.15) is 91.9 Å². The number of amides is 3. The predicted molar refractivity (Wildman–Crippen MR) is 120 cm³/mol. The van der Waals surface area contributed by atoms with Crippen molar-refractivity contribution in [2.24, 2.45) is 11.8 Å². The van der Waals surface area contributed by atoms with Gasteiger partial charge in [-0.2, -0.15) is 0 Å². The lowest BCUT2D eigenvalue weighted by molar-refractivity contribution is -0.146. The van der Waals surface area contributed by atoms with E-state index in [1.54, 1.807) is 0 Å². The van der Waals surface area contributed by atoms with Crippen molar-refractivity contribution >= 4 is 17.7 Å². The molecule has 1 aliphatic carbocycles. The number of carbonyl (C=O) groups is 3. The molecule has 0 aromatic carbocycles. The van der Waals surface area contributed by atoms with Gasteiger partial charge in [0.15, 0.2) is 0 Å². The molecule has 1 N–H and O–H groups in total. The van der Waals surface area contributed by atoms with Gasteiger partial charge in [0.1, 0.15) is 6.04 Å². The molecular weight excluding hydrogens is 378 g/mol. The summed E-state index contributed by atoms with van der Waals surface area (Å²) in [5.74, 6) is 0.544. The van der Waals surface area contributed by atoms with E-state index in [1.807, 2.05) is 23.6 Å². The highest BCUT2D eigenvalue weighted by atomic mass is 16.2. The molecule has 1 saturated carbocycles. The summed E-state index contributed by atoms with van der Waals surface area (Å²) in [7, 11) is 0. The first-order chi connectivity index (χ1) is 14.4. The van der Waals surface area contributed by atoms with Crippen molar-refractivity contribution in [3.8, 4) is 0 Å². The third-order valence-electron chi connectivity index (χ3n) is 6.70. The topological polar surface area (TPSA) is 69.7 Å². The minimum absolute atomic E-state index is 0.00557. The summed E-state index contributed by atoms with van der Waals surface area (Å²) in [5.41, 5.74) is 0. The third kappa shape index (κ3) is 7.28. The number of nitrogens with one attached hydrogen (secondary N) is 1. The van der Waals surface area contributed by atoms with Crippen LogP contribution in [0.3, 0.4) is 0 Å². The largest absolute Gasteiger partial charge is 0.344 e. The summed E-state index contributed by atoms with van der Waals surface area (Å²) in [6.45, 7) is 10.0. The van der Waals surface area contributed by atoms with E-state index in [2.05, 4.69) is 19.2 Å². The molecule has 0 aromatic rings. The van der Waals surface area contributed by atoms with Crippen molar-refractivity contribution in [3.63, 3.8) is 0 Å². The summed E-state index contributed by atoms with van der Waals surface area (Å²) in [6.07, 6.45) is 10.2. The Kier molecular flexibility index (Phi) is 10.1. The Labute approximate surface area is 183 Å². The molecule has 2 aliphatic rings. The highest BCUT2D eigenvalue weighted by Crippen LogP contribution is 2.32. The van der Waals surface area contributed by atoms with Gasteiger partial charge in [0.25, 0.3) is 0 Å². The first-order valence-electron chi connectivity index (χ1n) is 12.3. The van der Waals surface area contributed by atoms with Gasteiger partial charge < -0.3 is 15.1 Å². The van der Waals surface area contributed by atoms with Crippen LogP contribution in [0.15, 0.2) is 0 Å². The maximum absolute atomic E-state index is 13.3. The zero-order chi connectivity index (χ0) is 22.1. The first-order valence-corrected chi connectivity index (χ1v) is 12.3. The van der Waals surface area contributed by atoms with E-state index in [0.717, 1.165) is 32.1 Å². The summed E-state index contributed by atoms with van der Waals surface area (Å²) >= 11 is 0. The average molecular weight is 422 g/mol. The molecule has 2 rings (SSSR count). The zero-order valence-electron chi connectivity index (χ0n) is 19.6. The zero-order valence-corrected chi connectivity index (χ0v) is 19.6. The molecule has 6 nitrogen and oxygen atoms in total. The minimum Gasteiger partial charge on any atom is -0.344 e. The second-order valence-electron chi connectivity index (χ2n) is 9.39. The van der Waals surface area contributed by atoms with Gasteiger partial charge in [-0.25, -0.2) is 0 Å². The van der Waals surface area contributed by atoms with Crippen LogP contribution in [0, 0.1) is 11.8 Å². The van der Waals surface area contributed by atoms with Gasteiger partial charge in [-0.1, -0.05) is 59.3 Å². The second-order valence-corrected chi connectivity index (χ2v) is 9.39. The molecule has 3 amide bonds. The Hall–Kier alpha value is -1.59. The Morgan fingerprint density at radius 3 is 2.27 bits per heavy atom. The van der Waals surface area contributed by atoms with E-state index in [9.17, 15) is 14.4 Å². The fraction of sp³-hybridized carbons (Fsp3) is 0.875. The smallest absolute Gasteiger partial charge is 0.245 e. The van der Waals surface area contributed by atoms with Crippen molar-refractivity contribution in [1.82, 2.24) is 15.1 Å². The van der Waals surface area contributed by atoms with Crippen LogP contribution < -0.4 is 5.32 Å². The van der Waals surface area contributed by atoms with E-state index in [0.29, 0.717) is 26.1 Å². The van der Waals surface area contributed by atoms with Crippen molar-refractivity contribution in [2.75, 3.05) is 19.6 Å². The van der Waals surface area contributed by atoms with Gasteiger partial charge in [0.05, 0.1) is 0 Å². The first kappa shape index (κ1) is 24.7. The number of carbonyl (C=O) groups excluding carboxylic acids is 3. The summed E-state index contributed by atoms with van der Waals surface area (Å²) in [5, 5.41) is 3.03. The minimum atomic E-state index is -0.472. The molecule has 1 heterocycles. The van der Waals surface area contributed by atoms with E-state index < -0.39 is 6.04 Å². The van der Waals surface area contributed by atoms with E-state index in [4.69, 9.17) is 0 Å². The van der Waals surface area contributed by atoms with Crippen LogP contribution >= 0.6 is 0 Å². The third-order valence-corrected chi connectivity index (χ3v) is 6.70. The van der Waals surface area contributed by atoms with Crippen LogP contribution in [0.5, 0.6) is 0 Å². The predicted octanol–water partition coefficient (Wildman–Crippen LogP) is 3.74. The number of piperazine rings is 1. The molecule has 3 atom stereocenters. The monoisotopic (exact) mass is 421 g/mol. The standard InChI is InChI=1S/C24H43N3O3/c1-5-7-8-9-10-11-12-21(28)25-22(18(3)6-2)24(30)26-15-16-27(19(4)17-26)23(29)20-13-14-20/h18-20,22H,5-17H2,1-4H3,(H,25,28). The normalized spacial score (nSPS) is 21.3.